The van der Waals surface area contributed by atoms with Crippen LogP contribution in [0.5, 0.6) is 0 Å². The third-order valence-electron chi connectivity index (χ3n) is 3.44. The Hall–Kier alpha value is -1.98. The van der Waals surface area contributed by atoms with Crippen molar-refractivity contribution >= 4 is 11.9 Å². The fraction of sp³-hybridized carbons (Fsp3) is 0.647. The summed E-state index contributed by atoms with van der Waals surface area (Å²) in [5.74, 6) is 1.70. The predicted octanol–water partition coefficient (Wildman–Crippen LogP) is 2.65. The fourth-order valence-electron chi connectivity index (χ4n) is 2.21. The number of amides is 1. The first-order valence-corrected chi connectivity index (χ1v) is 8.35. The van der Waals surface area contributed by atoms with Gasteiger partial charge in [-0.05, 0) is 38.3 Å². The predicted molar refractivity (Wildman–Crippen MR) is 93.3 cm³/mol. The zero-order chi connectivity index (χ0) is 17.2. The topological polar surface area (TPSA) is 92.6 Å². The summed E-state index contributed by atoms with van der Waals surface area (Å²) in [5.41, 5.74) is 5.17. The van der Waals surface area contributed by atoms with Gasteiger partial charge in [-0.2, -0.15) is 0 Å². The lowest BCUT2D eigenvalue weighted by molar-refractivity contribution is 0.0972. The maximum Gasteiger partial charge on any atom is 0.284 e. The van der Waals surface area contributed by atoms with Crippen molar-refractivity contribution in [3.63, 3.8) is 0 Å². The molecule has 1 amide bonds. The Labute approximate surface area is 138 Å². The number of guanidine groups is 1. The number of primary amides is 1. The number of rotatable bonds is 9. The number of nitrogens with zero attached hydrogens (tertiary/aromatic N) is 1. The number of nitrogens with two attached hydrogens (primary N) is 1. The van der Waals surface area contributed by atoms with Gasteiger partial charge in [0, 0.05) is 12.6 Å². The third kappa shape index (κ3) is 7.72. The van der Waals surface area contributed by atoms with Crippen LogP contribution in [0.3, 0.4) is 0 Å². The molecule has 0 spiro atoms. The van der Waals surface area contributed by atoms with E-state index in [1.807, 2.05) is 6.92 Å². The average Bonchev–Trinajstić information content (AvgIpc) is 2.93. The molecule has 0 aliphatic heterocycles. The minimum absolute atomic E-state index is 0.162. The van der Waals surface area contributed by atoms with Crippen molar-refractivity contribution in [2.75, 3.05) is 6.54 Å². The van der Waals surface area contributed by atoms with Gasteiger partial charge in [0.1, 0.15) is 12.3 Å². The third-order valence-corrected chi connectivity index (χ3v) is 3.44. The standard InChI is InChI=1S/C17H30N4O2/c1-5-19-17(21-13(4)8-6-7-12(2)3)20-11-14-9-10-15(23-14)16(18)22/h9-10,12-13H,5-8,11H2,1-4H3,(H2,18,22)(H2,19,20,21). The van der Waals surface area contributed by atoms with E-state index in [9.17, 15) is 4.79 Å². The molecule has 130 valence electrons. The van der Waals surface area contributed by atoms with E-state index in [0.29, 0.717) is 18.3 Å². The Morgan fingerprint density at radius 2 is 2.04 bits per heavy atom. The highest BCUT2D eigenvalue weighted by atomic mass is 16.3. The van der Waals surface area contributed by atoms with E-state index < -0.39 is 5.91 Å². The molecule has 0 fully saturated rings. The molecule has 0 aliphatic carbocycles. The number of hydrogen-bond donors (Lipinski definition) is 3. The molecule has 6 heteroatoms. The molecule has 0 radical (unpaired) electrons. The van der Waals surface area contributed by atoms with Gasteiger partial charge in [-0.3, -0.25) is 4.79 Å². The van der Waals surface area contributed by atoms with Crippen LogP contribution in [0.25, 0.3) is 0 Å². The van der Waals surface area contributed by atoms with E-state index in [-0.39, 0.29) is 5.76 Å². The molecule has 0 saturated carbocycles. The summed E-state index contributed by atoms with van der Waals surface area (Å²) in [4.78, 5) is 15.5. The number of furan rings is 1. The number of carbonyl (C=O) groups excluding carboxylic acids is 1. The Bertz CT molecular complexity index is 508. The zero-order valence-electron chi connectivity index (χ0n) is 14.7. The van der Waals surface area contributed by atoms with Crippen molar-refractivity contribution in [2.24, 2.45) is 16.6 Å². The molecule has 4 N–H and O–H groups in total. The van der Waals surface area contributed by atoms with Crippen LogP contribution in [-0.4, -0.2) is 24.5 Å². The van der Waals surface area contributed by atoms with E-state index in [0.717, 1.165) is 24.8 Å². The first-order chi connectivity index (χ1) is 10.9. The molecule has 6 nitrogen and oxygen atoms in total. The zero-order valence-corrected chi connectivity index (χ0v) is 14.7. The van der Waals surface area contributed by atoms with Gasteiger partial charge >= 0.3 is 0 Å². The average molecular weight is 322 g/mol. The number of nitrogens with one attached hydrogen (secondary N) is 2. The van der Waals surface area contributed by atoms with Gasteiger partial charge in [0.25, 0.3) is 5.91 Å². The maximum atomic E-state index is 11.0. The van der Waals surface area contributed by atoms with Gasteiger partial charge in [0.05, 0.1) is 0 Å². The minimum Gasteiger partial charge on any atom is -0.454 e. The maximum absolute atomic E-state index is 11.0. The molecule has 1 aromatic rings. The second kappa shape index (κ2) is 9.92. The molecule has 1 atom stereocenters. The molecule has 0 saturated heterocycles. The molecule has 0 aromatic carbocycles. The first kappa shape index (κ1) is 19.1. The SMILES string of the molecule is CCNC(=NCc1ccc(C(N)=O)o1)NC(C)CCCC(C)C. The Morgan fingerprint density at radius 1 is 1.30 bits per heavy atom. The largest absolute Gasteiger partial charge is 0.454 e. The van der Waals surface area contributed by atoms with Crippen molar-refractivity contribution in [3.05, 3.63) is 23.7 Å². The summed E-state index contributed by atoms with van der Waals surface area (Å²) in [6.07, 6.45) is 3.54. The van der Waals surface area contributed by atoms with Crippen molar-refractivity contribution < 1.29 is 9.21 Å². The monoisotopic (exact) mass is 322 g/mol. The van der Waals surface area contributed by atoms with Gasteiger partial charge in [-0.15, -0.1) is 0 Å². The van der Waals surface area contributed by atoms with Crippen molar-refractivity contribution in [1.29, 1.82) is 0 Å². The van der Waals surface area contributed by atoms with Gasteiger partial charge in [0.15, 0.2) is 11.7 Å². The molecule has 0 bridgehead atoms. The summed E-state index contributed by atoms with van der Waals surface area (Å²) in [6, 6.07) is 3.64. The molecule has 1 heterocycles. The van der Waals surface area contributed by atoms with Crippen molar-refractivity contribution in [2.45, 2.75) is 59.5 Å². The molecular weight excluding hydrogens is 292 g/mol. The summed E-state index contributed by atoms with van der Waals surface area (Å²) < 4.78 is 5.33. The highest BCUT2D eigenvalue weighted by Crippen LogP contribution is 2.09. The van der Waals surface area contributed by atoms with Gasteiger partial charge < -0.3 is 20.8 Å². The van der Waals surface area contributed by atoms with E-state index in [1.165, 1.54) is 12.8 Å². The van der Waals surface area contributed by atoms with Crippen LogP contribution < -0.4 is 16.4 Å². The first-order valence-electron chi connectivity index (χ1n) is 8.35. The summed E-state index contributed by atoms with van der Waals surface area (Å²) in [5, 5.41) is 6.62. The fourth-order valence-corrected chi connectivity index (χ4v) is 2.21. The minimum atomic E-state index is -0.566. The quantitative estimate of drug-likeness (QED) is 0.481. The van der Waals surface area contributed by atoms with Gasteiger partial charge in [-0.1, -0.05) is 26.7 Å². The molecule has 1 rings (SSSR count). The molecule has 23 heavy (non-hydrogen) atoms. The summed E-state index contributed by atoms with van der Waals surface area (Å²) in [7, 11) is 0. The molecule has 1 aromatic heterocycles. The lowest BCUT2D eigenvalue weighted by atomic mass is 10.0. The van der Waals surface area contributed by atoms with Crippen LogP contribution >= 0.6 is 0 Å². The lowest BCUT2D eigenvalue weighted by Gasteiger charge is -2.18. The normalized spacial score (nSPS) is 13.2. The van der Waals surface area contributed by atoms with E-state index >= 15 is 0 Å². The van der Waals surface area contributed by atoms with Crippen LogP contribution in [-0.2, 0) is 6.54 Å². The van der Waals surface area contributed by atoms with Gasteiger partial charge in [0.2, 0.25) is 0 Å². The second-order valence-electron chi connectivity index (χ2n) is 6.20. The lowest BCUT2D eigenvalue weighted by Crippen LogP contribution is -2.42. The smallest absolute Gasteiger partial charge is 0.284 e. The molecule has 1 unspecified atom stereocenters. The second-order valence-corrected chi connectivity index (χ2v) is 6.20. The number of aliphatic imine (C=N–C) groups is 1. The Balaban J connectivity index is 2.53. The highest BCUT2D eigenvalue weighted by molar-refractivity contribution is 5.89. The molecule has 0 aliphatic rings. The molecular formula is C17H30N4O2. The van der Waals surface area contributed by atoms with Crippen molar-refractivity contribution in [1.82, 2.24) is 10.6 Å². The Kier molecular flexibility index (Phi) is 8.22. The van der Waals surface area contributed by atoms with Crippen LogP contribution in [0.1, 0.15) is 63.3 Å². The highest BCUT2D eigenvalue weighted by Gasteiger charge is 2.08. The van der Waals surface area contributed by atoms with Crippen LogP contribution in [0.4, 0.5) is 0 Å². The van der Waals surface area contributed by atoms with E-state index in [1.54, 1.807) is 12.1 Å². The van der Waals surface area contributed by atoms with Gasteiger partial charge in [-0.25, -0.2) is 4.99 Å². The Morgan fingerprint density at radius 3 is 2.61 bits per heavy atom. The summed E-state index contributed by atoms with van der Waals surface area (Å²) in [6.45, 7) is 9.82. The number of hydrogen-bond acceptors (Lipinski definition) is 3. The van der Waals surface area contributed by atoms with E-state index in [4.69, 9.17) is 10.2 Å². The van der Waals surface area contributed by atoms with E-state index in [2.05, 4.69) is 36.4 Å². The number of carbonyl (C=O) groups is 1. The van der Waals surface area contributed by atoms with Crippen molar-refractivity contribution in [3.8, 4) is 0 Å². The van der Waals surface area contributed by atoms with Crippen LogP contribution in [0, 0.1) is 5.92 Å². The summed E-state index contributed by atoms with van der Waals surface area (Å²) >= 11 is 0. The van der Waals surface area contributed by atoms with Crippen LogP contribution in [0.2, 0.25) is 0 Å². The van der Waals surface area contributed by atoms with Crippen LogP contribution in [0.15, 0.2) is 21.5 Å².